The van der Waals surface area contributed by atoms with Crippen LogP contribution in [0.1, 0.15) is 13.8 Å². The number of hydrogen-bond acceptors (Lipinski definition) is 3. The molecule has 0 aliphatic rings. The topological polar surface area (TPSA) is 72.2 Å². The lowest BCUT2D eigenvalue weighted by atomic mass is 10.2. The number of nitro benzene ring substituents is 1. The first-order valence-electron chi connectivity index (χ1n) is 4.66. The van der Waals surface area contributed by atoms with E-state index in [1.165, 1.54) is 18.2 Å². The van der Waals surface area contributed by atoms with E-state index in [0.29, 0.717) is 10.2 Å². The number of nitrogens with one attached hydrogen (secondary N) is 1. The van der Waals surface area contributed by atoms with E-state index in [0.717, 1.165) is 0 Å². The summed E-state index contributed by atoms with van der Waals surface area (Å²) in [4.78, 5) is 21.7. The zero-order valence-corrected chi connectivity index (χ0v) is 12.3. The molecule has 1 amide bonds. The fourth-order valence-corrected chi connectivity index (χ4v) is 1.55. The number of nitrogens with zero attached hydrogens (tertiary/aromatic N) is 1. The number of carbonyl (C=O) groups excluding carboxylic acids is 1. The molecule has 0 radical (unpaired) electrons. The van der Waals surface area contributed by atoms with Gasteiger partial charge in [-0.25, -0.2) is 0 Å². The molecule has 0 atom stereocenters. The Morgan fingerprint density at radius 3 is 2.47 bits per heavy atom. The van der Waals surface area contributed by atoms with E-state index in [-0.39, 0.29) is 11.6 Å². The minimum atomic E-state index is -0.700. The smallest absolute Gasteiger partial charge is 0.270 e. The minimum absolute atomic E-state index is 0.0343. The summed E-state index contributed by atoms with van der Waals surface area (Å²) in [6.45, 7) is 3.42. The van der Waals surface area contributed by atoms with Crippen molar-refractivity contribution in [1.82, 2.24) is 0 Å². The highest BCUT2D eigenvalue weighted by Gasteiger charge is 2.24. The second-order valence-electron chi connectivity index (χ2n) is 3.85. The van der Waals surface area contributed by atoms with Crippen LogP contribution in [-0.2, 0) is 4.79 Å². The molecule has 0 saturated heterocycles. The molecule has 92 valence electrons. The van der Waals surface area contributed by atoms with Crippen LogP contribution in [0.25, 0.3) is 0 Å². The maximum Gasteiger partial charge on any atom is 0.270 e. The monoisotopic (exact) mass is 364 g/mol. The van der Waals surface area contributed by atoms with Gasteiger partial charge in [-0.05, 0) is 35.8 Å². The van der Waals surface area contributed by atoms with Crippen LogP contribution in [0.5, 0.6) is 0 Å². The van der Waals surface area contributed by atoms with Gasteiger partial charge in [0.25, 0.3) is 5.69 Å². The minimum Gasteiger partial charge on any atom is -0.324 e. The van der Waals surface area contributed by atoms with Gasteiger partial charge in [-0.15, -0.1) is 0 Å². The van der Waals surface area contributed by atoms with Crippen LogP contribution in [0.15, 0.2) is 22.7 Å². The summed E-state index contributed by atoms with van der Waals surface area (Å²) < 4.78 is -0.231. The van der Waals surface area contributed by atoms with Gasteiger partial charge in [0.05, 0.1) is 14.9 Å². The summed E-state index contributed by atoms with van der Waals surface area (Å²) in [7, 11) is 0. The summed E-state index contributed by atoms with van der Waals surface area (Å²) in [5, 5.41) is 13.2. The largest absolute Gasteiger partial charge is 0.324 e. The molecule has 0 heterocycles. The molecule has 0 spiro atoms. The van der Waals surface area contributed by atoms with Gasteiger partial charge in [-0.3, -0.25) is 14.9 Å². The number of amides is 1. The number of hydrogen-bond donors (Lipinski definition) is 1. The molecular formula is C10H10Br2N2O3. The van der Waals surface area contributed by atoms with E-state index in [4.69, 9.17) is 0 Å². The number of carbonyl (C=O) groups is 1. The molecule has 5 nitrogen and oxygen atoms in total. The normalized spacial score (nSPS) is 11.1. The molecular weight excluding hydrogens is 356 g/mol. The van der Waals surface area contributed by atoms with E-state index in [1.54, 1.807) is 13.8 Å². The third-order valence-corrected chi connectivity index (χ3v) is 2.97. The summed E-state index contributed by atoms with van der Waals surface area (Å²) in [5.74, 6) is -0.230. The van der Waals surface area contributed by atoms with Gasteiger partial charge in [0.1, 0.15) is 0 Å². The molecule has 0 aliphatic heterocycles. The van der Waals surface area contributed by atoms with Crippen molar-refractivity contribution in [2.24, 2.45) is 0 Å². The molecule has 1 aromatic rings. The van der Waals surface area contributed by atoms with Crippen LogP contribution < -0.4 is 5.32 Å². The molecule has 0 saturated carbocycles. The van der Waals surface area contributed by atoms with Crippen molar-refractivity contribution >= 4 is 49.1 Å². The van der Waals surface area contributed by atoms with E-state index in [9.17, 15) is 14.9 Å². The Morgan fingerprint density at radius 1 is 1.47 bits per heavy atom. The van der Waals surface area contributed by atoms with Crippen molar-refractivity contribution < 1.29 is 9.72 Å². The molecule has 0 aliphatic carbocycles. The average molecular weight is 366 g/mol. The molecule has 1 N–H and O–H groups in total. The highest BCUT2D eigenvalue weighted by molar-refractivity contribution is 9.10. The lowest BCUT2D eigenvalue weighted by Crippen LogP contribution is -2.31. The molecule has 7 heteroatoms. The third-order valence-electron chi connectivity index (χ3n) is 1.95. The maximum atomic E-state index is 11.7. The summed E-state index contributed by atoms with van der Waals surface area (Å²) in [6.07, 6.45) is 0. The van der Waals surface area contributed by atoms with Gasteiger partial charge in [-0.1, -0.05) is 15.9 Å². The Hall–Kier alpha value is -0.950. The summed E-state index contributed by atoms with van der Waals surface area (Å²) in [6, 6.07) is 4.16. The molecule has 0 bridgehead atoms. The Balaban J connectivity index is 2.95. The summed E-state index contributed by atoms with van der Waals surface area (Å²) >= 11 is 6.40. The highest BCUT2D eigenvalue weighted by Crippen LogP contribution is 2.28. The first-order chi connectivity index (χ1) is 7.71. The predicted octanol–water partition coefficient (Wildman–Crippen LogP) is 3.47. The van der Waals surface area contributed by atoms with Crippen LogP contribution in [0.4, 0.5) is 11.4 Å². The highest BCUT2D eigenvalue weighted by atomic mass is 79.9. The van der Waals surface area contributed by atoms with Crippen molar-refractivity contribution in [3.8, 4) is 0 Å². The number of rotatable bonds is 3. The zero-order chi connectivity index (χ0) is 13.2. The standard InChI is InChI=1S/C10H10Br2N2O3/c1-10(2,12)9(15)13-8-4-3-6(14(16)17)5-7(8)11/h3-5H,1-2H3,(H,13,15). The van der Waals surface area contributed by atoms with Crippen LogP contribution in [0, 0.1) is 10.1 Å². The number of halogens is 2. The van der Waals surface area contributed by atoms with Gasteiger partial charge in [0, 0.05) is 16.6 Å². The quantitative estimate of drug-likeness (QED) is 0.506. The summed E-state index contributed by atoms with van der Waals surface area (Å²) in [5.41, 5.74) is 0.459. The van der Waals surface area contributed by atoms with Crippen LogP contribution >= 0.6 is 31.9 Å². The molecule has 17 heavy (non-hydrogen) atoms. The fraction of sp³-hybridized carbons (Fsp3) is 0.300. The van der Waals surface area contributed by atoms with Crippen LogP contribution in [0.3, 0.4) is 0 Å². The van der Waals surface area contributed by atoms with E-state index < -0.39 is 9.25 Å². The van der Waals surface area contributed by atoms with Gasteiger partial charge < -0.3 is 5.32 Å². The number of non-ortho nitro benzene ring substituents is 1. The zero-order valence-electron chi connectivity index (χ0n) is 9.16. The van der Waals surface area contributed by atoms with Crippen molar-refractivity contribution in [2.45, 2.75) is 18.2 Å². The Morgan fingerprint density at radius 2 is 2.06 bits per heavy atom. The first kappa shape index (κ1) is 14.1. The first-order valence-corrected chi connectivity index (χ1v) is 6.24. The van der Waals surface area contributed by atoms with Gasteiger partial charge in [-0.2, -0.15) is 0 Å². The number of anilines is 1. The maximum absolute atomic E-state index is 11.7. The lowest BCUT2D eigenvalue weighted by Gasteiger charge is -2.16. The second kappa shape index (κ2) is 5.14. The second-order valence-corrected chi connectivity index (χ2v) is 6.68. The van der Waals surface area contributed by atoms with Crippen molar-refractivity contribution in [2.75, 3.05) is 5.32 Å². The average Bonchev–Trinajstić information content (AvgIpc) is 2.19. The number of nitro groups is 1. The predicted molar refractivity (Wildman–Crippen MR) is 72.4 cm³/mol. The Bertz CT molecular complexity index is 469. The van der Waals surface area contributed by atoms with Crippen LogP contribution in [0.2, 0.25) is 0 Å². The molecule has 1 rings (SSSR count). The molecule has 1 aromatic carbocycles. The fourth-order valence-electron chi connectivity index (χ4n) is 0.990. The number of alkyl halides is 1. The third kappa shape index (κ3) is 3.78. The van der Waals surface area contributed by atoms with Gasteiger partial charge in [0.15, 0.2) is 0 Å². The Kier molecular flexibility index (Phi) is 4.26. The van der Waals surface area contributed by atoms with E-state index in [2.05, 4.69) is 37.2 Å². The van der Waals surface area contributed by atoms with Crippen LogP contribution in [-0.4, -0.2) is 15.2 Å². The number of benzene rings is 1. The van der Waals surface area contributed by atoms with Crippen molar-refractivity contribution in [1.29, 1.82) is 0 Å². The van der Waals surface area contributed by atoms with Crippen molar-refractivity contribution in [3.63, 3.8) is 0 Å². The molecule has 0 fully saturated rings. The Labute approximate surface area is 115 Å². The van der Waals surface area contributed by atoms with E-state index in [1.807, 2.05) is 0 Å². The van der Waals surface area contributed by atoms with Gasteiger partial charge in [0.2, 0.25) is 5.91 Å². The lowest BCUT2D eigenvalue weighted by molar-refractivity contribution is -0.384. The van der Waals surface area contributed by atoms with E-state index >= 15 is 0 Å². The molecule has 0 unspecified atom stereocenters. The molecule has 0 aromatic heterocycles. The SMILES string of the molecule is CC(C)(Br)C(=O)Nc1ccc([N+](=O)[O-])cc1Br. The van der Waals surface area contributed by atoms with Gasteiger partial charge >= 0.3 is 0 Å². The van der Waals surface area contributed by atoms with Crippen molar-refractivity contribution in [3.05, 3.63) is 32.8 Å².